The molecule has 15 nitrogen and oxygen atoms in total. The zero-order chi connectivity index (χ0) is 47.8. The van der Waals surface area contributed by atoms with Gasteiger partial charge in [-0.3, -0.25) is 15.0 Å². The molecule has 8 rings (SSSR count). The van der Waals surface area contributed by atoms with Crippen molar-refractivity contribution >= 4 is 17.5 Å². The lowest BCUT2D eigenvalue weighted by Crippen LogP contribution is -2.70. The van der Waals surface area contributed by atoms with Gasteiger partial charge >= 0.3 is 6.09 Å². The second-order valence-electron chi connectivity index (χ2n) is 17.8. The number of benzene rings is 4. The summed E-state index contributed by atoms with van der Waals surface area (Å²) >= 11 is 0. The molecule has 68 heavy (non-hydrogen) atoms. The average Bonchev–Trinajstić information content (AvgIpc) is 3.81. The largest absolute Gasteiger partial charge is 0.459 e. The van der Waals surface area contributed by atoms with Crippen molar-refractivity contribution in [2.75, 3.05) is 33.2 Å². The van der Waals surface area contributed by atoms with Gasteiger partial charge in [0.15, 0.2) is 11.5 Å². The molecule has 0 saturated heterocycles. The van der Waals surface area contributed by atoms with Gasteiger partial charge in [0.2, 0.25) is 12.6 Å². The number of hydrogen-bond acceptors (Lipinski definition) is 13. The molecule has 0 spiro atoms. The lowest BCUT2D eigenvalue weighted by molar-refractivity contribution is -0.384. The number of nitro benzene ring substituents is 1. The highest BCUT2D eigenvalue weighted by atomic mass is 16.7. The minimum absolute atomic E-state index is 0.00455. The highest BCUT2D eigenvalue weighted by Crippen LogP contribution is 2.62. The highest BCUT2D eigenvalue weighted by Gasteiger charge is 2.65. The number of unbranched alkanes of at least 4 members (excludes halogenated alkanes) is 2. The molecule has 6 unspecified atom stereocenters. The van der Waals surface area contributed by atoms with E-state index < -0.39 is 28.8 Å². The number of amides is 1. The number of aryl methyl sites for hydroxylation is 2. The molecule has 1 fully saturated rings. The molecule has 0 radical (unpaired) electrons. The molecular formula is C53H61N3O12. The van der Waals surface area contributed by atoms with Crippen LogP contribution >= 0.6 is 0 Å². The molecule has 4 aromatic rings. The summed E-state index contributed by atoms with van der Waals surface area (Å²) in [5.74, 6) is 0.611. The van der Waals surface area contributed by atoms with Gasteiger partial charge in [-0.25, -0.2) is 4.79 Å². The number of aliphatic hydroxyl groups excluding tert-OH is 2. The SMILES string of the molecule is C=CCOC12Oc3ccc(Oc4ccc(C)c(C)c4)cc3C3C(CCCCO)C(CCCCO)C=C(C(=NOCc4ccc([N+](=O)[O-])cc4)CC1N(Cc1ccc4c(c1)OCO4)C(=O)OCC)C32. The summed E-state index contributed by atoms with van der Waals surface area (Å²) in [7, 11) is 0. The Kier molecular flexibility index (Phi) is 15.3. The smallest absolute Gasteiger partial charge is 0.410 e. The monoisotopic (exact) mass is 931 g/mol. The molecule has 2 N–H and O–H groups in total. The maximum atomic E-state index is 14.7. The fourth-order valence-corrected chi connectivity index (χ4v) is 10.3. The summed E-state index contributed by atoms with van der Waals surface area (Å²) in [6, 6.07) is 22.7. The summed E-state index contributed by atoms with van der Waals surface area (Å²) in [5, 5.41) is 36.4. The number of fused-ring (bicyclic) bond motifs is 3. The van der Waals surface area contributed by atoms with E-state index in [9.17, 15) is 25.1 Å². The van der Waals surface area contributed by atoms with Crippen molar-refractivity contribution < 1.29 is 53.2 Å². The minimum Gasteiger partial charge on any atom is -0.459 e. The van der Waals surface area contributed by atoms with Crippen molar-refractivity contribution in [3.8, 4) is 28.7 Å². The van der Waals surface area contributed by atoms with Gasteiger partial charge in [0.05, 0.1) is 29.8 Å². The number of ether oxygens (including phenoxy) is 6. The third-order valence-electron chi connectivity index (χ3n) is 13.6. The number of aliphatic hydroxyl groups is 2. The number of hydrogen-bond donors (Lipinski definition) is 2. The van der Waals surface area contributed by atoms with Crippen LogP contribution in [0.3, 0.4) is 0 Å². The van der Waals surface area contributed by atoms with Gasteiger partial charge in [-0.2, -0.15) is 0 Å². The number of allylic oxidation sites excluding steroid dienone is 1. The molecule has 2 heterocycles. The molecular weight excluding hydrogens is 871 g/mol. The van der Waals surface area contributed by atoms with Crippen LogP contribution < -0.4 is 18.9 Å². The molecule has 4 aromatic carbocycles. The quantitative estimate of drug-likeness (QED) is 0.0350. The maximum Gasteiger partial charge on any atom is 0.410 e. The first kappa shape index (κ1) is 48.1. The van der Waals surface area contributed by atoms with E-state index in [1.807, 2.05) is 48.5 Å². The predicted molar refractivity (Wildman–Crippen MR) is 254 cm³/mol. The van der Waals surface area contributed by atoms with E-state index in [1.54, 1.807) is 30.0 Å². The lowest BCUT2D eigenvalue weighted by atomic mass is 9.55. The highest BCUT2D eigenvalue weighted by molar-refractivity contribution is 6.03. The van der Waals surface area contributed by atoms with Gasteiger partial charge in [-0.15, -0.1) is 6.58 Å². The molecule has 15 heteroatoms. The first-order valence-electron chi connectivity index (χ1n) is 23.6. The summed E-state index contributed by atoms with van der Waals surface area (Å²) in [5.41, 5.74) is 6.00. The zero-order valence-electron chi connectivity index (χ0n) is 39.0. The number of carbonyl (C=O) groups is 1. The molecule has 1 saturated carbocycles. The number of nitro groups is 1. The minimum atomic E-state index is -1.54. The van der Waals surface area contributed by atoms with Crippen LogP contribution in [0.25, 0.3) is 0 Å². The molecule has 1 amide bonds. The number of carbonyl (C=O) groups excluding carboxylic acids is 1. The van der Waals surface area contributed by atoms with Crippen LogP contribution in [0.5, 0.6) is 28.7 Å². The van der Waals surface area contributed by atoms with E-state index in [-0.39, 0.29) is 76.2 Å². The Balaban J connectivity index is 1.32. The number of non-ortho nitro benzene ring substituents is 1. The maximum absolute atomic E-state index is 14.7. The summed E-state index contributed by atoms with van der Waals surface area (Å²) in [6.45, 7) is 10.4. The molecule has 4 aliphatic rings. The Labute approximate surface area is 397 Å². The number of oxime groups is 1. The van der Waals surface area contributed by atoms with E-state index in [0.717, 1.165) is 53.5 Å². The number of rotatable bonds is 21. The topological polar surface area (TPSA) is 181 Å². The van der Waals surface area contributed by atoms with Crippen LogP contribution in [0.15, 0.2) is 108 Å². The van der Waals surface area contributed by atoms with Gasteiger partial charge in [-0.05, 0) is 141 Å². The molecule has 6 atom stereocenters. The average molecular weight is 932 g/mol. The fourth-order valence-electron chi connectivity index (χ4n) is 10.3. The first-order valence-corrected chi connectivity index (χ1v) is 23.6. The van der Waals surface area contributed by atoms with Crippen LogP contribution in [0.1, 0.15) is 85.6 Å². The molecule has 2 aliphatic carbocycles. The van der Waals surface area contributed by atoms with E-state index in [1.165, 1.54) is 12.1 Å². The molecule has 0 bridgehead atoms. The van der Waals surface area contributed by atoms with Gasteiger partial charge < -0.3 is 43.5 Å². The Bertz CT molecular complexity index is 2510. The third-order valence-corrected chi connectivity index (χ3v) is 13.6. The Morgan fingerprint density at radius 2 is 1.63 bits per heavy atom. The van der Waals surface area contributed by atoms with Crippen LogP contribution in [0.2, 0.25) is 0 Å². The van der Waals surface area contributed by atoms with Crippen molar-refractivity contribution in [3.63, 3.8) is 0 Å². The summed E-state index contributed by atoms with van der Waals surface area (Å²) in [6.07, 6.45) is 7.77. The summed E-state index contributed by atoms with van der Waals surface area (Å²) < 4.78 is 38.4. The summed E-state index contributed by atoms with van der Waals surface area (Å²) in [4.78, 5) is 33.5. The van der Waals surface area contributed by atoms with Crippen LogP contribution in [0, 0.1) is 41.7 Å². The van der Waals surface area contributed by atoms with E-state index in [4.69, 9.17) is 38.4 Å². The Hall–Kier alpha value is -6.42. The normalized spacial score (nSPS) is 22.6. The van der Waals surface area contributed by atoms with Gasteiger partial charge in [-0.1, -0.05) is 42.3 Å². The first-order chi connectivity index (χ1) is 33.1. The second-order valence-corrected chi connectivity index (χ2v) is 17.8. The Morgan fingerprint density at radius 3 is 2.37 bits per heavy atom. The Morgan fingerprint density at radius 1 is 0.912 bits per heavy atom. The molecule has 2 aliphatic heterocycles. The van der Waals surface area contributed by atoms with Crippen molar-refractivity contribution in [2.45, 2.75) is 96.6 Å². The van der Waals surface area contributed by atoms with Crippen molar-refractivity contribution in [2.24, 2.45) is 22.9 Å². The zero-order valence-corrected chi connectivity index (χ0v) is 39.0. The van der Waals surface area contributed by atoms with E-state index in [2.05, 4.69) is 32.6 Å². The van der Waals surface area contributed by atoms with Crippen molar-refractivity contribution in [3.05, 3.63) is 141 Å². The van der Waals surface area contributed by atoms with Crippen LogP contribution in [0.4, 0.5) is 10.5 Å². The van der Waals surface area contributed by atoms with Crippen LogP contribution in [-0.2, 0) is 27.5 Å². The fraction of sp³-hybridized carbons (Fsp3) is 0.434. The standard InChI is InChI=1S/C53H61N3O12/c1-5-25-65-53-49(55(52(59)62-6-2)31-37-16-21-47-48(27-37)64-33-63-47)30-45(54-66-32-36-14-17-39(18-15-36)56(60)61)43-28-38(11-7-9-23-57)42(12-8-10-24-58)50(51(43)53)44-29-41(20-22-46(44)68-53)67-40-19-13-34(3)35(4)26-40/h5,13-22,26-29,38,42,49-51,57-58H,1,6-12,23-25,30-33H2,2-4H3. The van der Waals surface area contributed by atoms with Gasteiger partial charge in [0.25, 0.3) is 5.69 Å². The molecule has 0 aromatic heterocycles. The van der Waals surface area contributed by atoms with Crippen LogP contribution in [-0.4, -0.2) is 76.9 Å². The van der Waals surface area contributed by atoms with Crippen molar-refractivity contribution in [1.82, 2.24) is 4.90 Å². The van der Waals surface area contributed by atoms with E-state index >= 15 is 0 Å². The third kappa shape index (κ3) is 10.2. The van der Waals surface area contributed by atoms with Crippen molar-refractivity contribution in [1.29, 1.82) is 0 Å². The second kappa shape index (κ2) is 21.7. The molecule has 360 valence electrons. The number of nitrogens with zero attached hydrogens (tertiary/aromatic N) is 3. The van der Waals surface area contributed by atoms with E-state index in [0.29, 0.717) is 52.9 Å². The van der Waals surface area contributed by atoms with Gasteiger partial charge in [0, 0.05) is 49.8 Å². The van der Waals surface area contributed by atoms with Gasteiger partial charge in [0.1, 0.15) is 29.9 Å². The predicted octanol–water partition coefficient (Wildman–Crippen LogP) is 10.2. The lowest BCUT2D eigenvalue weighted by Gasteiger charge is -2.59.